The van der Waals surface area contributed by atoms with Crippen LogP contribution in [0.15, 0.2) is 218 Å². The van der Waals surface area contributed by atoms with Crippen LogP contribution in [0.2, 0.25) is 0 Å². The second-order valence-corrected chi connectivity index (χ2v) is 17.1. The van der Waals surface area contributed by atoms with Gasteiger partial charge in [0.05, 0.1) is 33.3 Å². The van der Waals surface area contributed by atoms with E-state index in [1.54, 1.807) is 0 Å². The Labute approximate surface area is 389 Å². The van der Waals surface area contributed by atoms with Crippen molar-refractivity contribution in [1.82, 2.24) is 38.9 Å². The molecule has 0 N–H and O–H groups in total. The first-order chi connectivity index (χ1) is 33.7. The summed E-state index contributed by atoms with van der Waals surface area (Å²) in [7, 11) is 0. The Morgan fingerprint density at radius 2 is 0.632 bits per heavy atom. The zero-order chi connectivity index (χ0) is 44.7. The standard InChI is InChI=1S/C60H36N8/c1-4-17-37(18-5-1)55-61-56(38-19-6-2-7-20-38)63-58(62-55)40-31-33-52-47(35-40)44-26-16-27-45-48-36-41(32-34-53(48)68(52)54(44)45)59-64-57(39-21-8-3-9-22-39)65-60(66-59)46-25-12-15-30-51(46)67-49-28-13-10-23-42(49)43-24-11-14-29-50(43)67/h1-36H. The number of benzene rings is 9. The highest BCUT2D eigenvalue weighted by atomic mass is 15.1. The van der Waals surface area contributed by atoms with Gasteiger partial charge < -0.3 is 8.97 Å². The SMILES string of the molecule is c1ccc(-c2nc(-c3ccccc3)nc(-c3ccc4c(c3)c3cccc5c6cc(-c7nc(-c8ccccc8)nc(-c8ccccc8-n8c9ccccc9c9ccccc98)n7)ccc6n4c35)n2)cc1. The van der Waals surface area contributed by atoms with Gasteiger partial charge in [0.15, 0.2) is 34.9 Å². The molecule has 0 spiro atoms. The molecule has 0 unspecified atom stereocenters. The Bertz CT molecular complexity index is 4140. The molecule has 0 aliphatic carbocycles. The Morgan fingerprint density at radius 3 is 1.12 bits per heavy atom. The lowest BCUT2D eigenvalue weighted by Gasteiger charge is -2.14. The van der Waals surface area contributed by atoms with Crippen LogP contribution >= 0.6 is 0 Å². The average molecular weight is 869 g/mol. The molecule has 0 saturated heterocycles. The number of fused-ring (bicyclic) bond motifs is 9. The molecular formula is C60H36N8. The van der Waals surface area contributed by atoms with Crippen molar-refractivity contribution in [3.63, 3.8) is 0 Å². The van der Waals surface area contributed by atoms with Crippen LogP contribution in [-0.2, 0) is 0 Å². The topological polar surface area (TPSA) is 86.7 Å². The number of aromatic nitrogens is 8. The van der Waals surface area contributed by atoms with E-state index in [2.05, 4.69) is 148 Å². The third kappa shape index (κ3) is 5.94. The maximum absolute atomic E-state index is 5.32. The summed E-state index contributed by atoms with van der Waals surface area (Å²) in [6.07, 6.45) is 0. The average Bonchev–Trinajstić information content (AvgIpc) is 4.06. The minimum absolute atomic E-state index is 0.604. The minimum atomic E-state index is 0.604. The lowest BCUT2D eigenvalue weighted by Crippen LogP contribution is -2.03. The second kappa shape index (κ2) is 15.1. The van der Waals surface area contributed by atoms with Crippen molar-refractivity contribution in [1.29, 1.82) is 0 Å². The van der Waals surface area contributed by atoms with Crippen molar-refractivity contribution in [2.24, 2.45) is 0 Å². The van der Waals surface area contributed by atoms with Crippen molar-refractivity contribution in [3.05, 3.63) is 218 Å². The van der Waals surface area contributed by atoms with Crippen molar-refractivity contribution in [3.8, 4) is 74.0 Å². The highest BCUT2D eigenvalue weighted by Gasteiger charge is 2.22. The van der Waals surface area contributed by atoms with Gasteiger partial charge in [0.2, 0.25) is 0 Å². The van der Waals surface area contributed by atoms with E-state index in [0.29, 0.717) is 34.9 Å². The molecule has 14 aromatic rings. The number of hydrogen-bond acceptors (Lipinski definition) is 6. The predicted molar refractivity (Wildman–Crippen MR) is 275 cm³/mol. The molecule has 0 fully saturated rings. The van der Waals surface area contributed by atoms with Crippen LogP contribution in [0.5, 0.6) is 0 Å². The van der Waals surface area contributed by atoms with Gasteiger partial charge in [-0.25, -0.2) is 29.9 Å². The molecule has 0 amide bonds. The first-order valence-electron chi connectivity index (χ1n) is 22.7. The van der Waals surface area contributed by atoms with E-state index >= 15 is 0 Å². The number of rotatable bonds is 7. The van der Waals surface area contributed by atoms with E-state index in [4.69, 9.17) is 29.9 Å². The van der Waals surface area contributed by atoms with E-state index in [9.17, 15) is 0 Å². The molecule has 9 aromatic carbocycles. The molecule has 8 heteroatoms. The van der Waals surface area contributed by atoms with Gasteiger partial charge in [-0.2, -0.15) is 0 Å². The van der Waals surface area contributed by atoms with Gasteiger partial charge in [-0.3, -0.25) is 0 Å². The predicted octanol–water partition coefficient (Wildman–Crippen LogP) is 14.3. The molecule has 316 valence electrons. The summed E-state index contributed by atoms with van der Waals surface area (Å²) < 4.78 is 4.72. The van der Waals surface area contributed by atoms with Gasteiger partial charge in [0, 0.05) is 65.7 Å². The first-order valence-corrected chi connectivity index (χ1v) is 22.7. The Hall–Kier alpha value is -9.40. The van der Waals surface area contributed by atoms with Gasteiger partial charge in [-0.15, -0.1) is 0 Å². The van der Waals surface area contributed by atoms with Crippen LogP contribution in [0.3, 0.4) is 0 Å². The zero-order valence-corrected chi connectivity index (χ0v) is 36.4. The normalized spacial score (nSPS) is 11.8. The first kappa shape index (κ1) is 37.9. The zero-order valence-electron chi connectivity index (χ0n) is 36.4. The number of hydrogen-bond donors (Lipinski definition) is 0. The highest BCUT2D eigenvalue weighted by molar-refractivity contribution is 6.24. The van der Waals surface area contributed by atoms with Crippen LogP contribution in [0.1, 0.15) is 0 Å². The van der Waals surface area contributed by atoms with Gasteiger partial charge in [0.25, 0.3) is 0 Å². The Morgan fingerprint density at radius 1 is 0.250 bits per heavy atom. The number of para-hydroxylation sites is 4. The Kier molecular flexibility index (Phi) is 8.41. The highest BCUT2D eigenvalue weighted by Crippen LogP contribution is 2.42. The molecule has 0 aliphatic heterocycles. The monoisotopic (exact) mass is 868 g/mol. The molecule has 14 rings (SSSR count). The van der Waals surface area contributed by atoms with Crippen LogP contribution in [0, 0.1) is 0 Å². The summed E-state index contributed by atoms with van der Waals surface area (Å²) in [6, 6.07) is 75.7. The molecular weight excluding hydrogens is 833 g/mol. The molecule has 0 aliphatic rings. The van der Waals surface area contributed by atoms with Crippen LogP contribution in [0.4, 0.5) is 0 Å². The molecule has 0 saturated carbocycles. The third-order valence-electron chi connectivity index (χ3n) is 13.2. The van der Waals surface area contributed by atoms with Gasteiger partial charge >= 0.3 is 0 Å². The fraction of sp³-hybridized carbons (Fsp3) is 0. The maximum atomic E-state index is 5.32. The summed E-state index contributed by atoms with van der Waals surface area (Å²) in [4.78, 5) is 30.7. The lowest BCUT2D eigenvalue weighted by atomic mass is 10.0. The summed E-state index contributed by atoms with van der Waals surface area (Å²) >= 11 is 0. The third-order valence-corrected chi connectivity index (χ3v) is 13.2. The molecule has 0 bridgehead atoms. The quantitative estimate of drug-likeness (QED) is 0.159. The van der Waals surface area contributed by atoms with Crippen LogP contribution < -0.4 is 0 Å². The van der Waals surface area contributed by atoms with Crippen LogP contribution in [0.25, 0.3) is 134 Å². The molecule has 0 atom stereocenters. The lowest BCUT2D eigenvalue weighted by molar-refractivity contribution is 1.06. The van der Waals surface area contributed by atoms with Crippen molar-refractivity contribution in [2.45, 2.75) is 0 Å². The van der Waals surface area contributed by atoms with Crippen molar-refractivity contribution < 1.29 is 0 Å². The van der Waals surface area contributed by atoms with E-state index in [0.717, 1.165) is 82.7 Å². The molecule has 0 radical (unpaired) electrons. The molecule has 68 heavy (non-hydrogen) atoms. The summed E-state index contributed by atoms with van der Waals surface area (Å²) in [6.45, 7) is 0. The second-order valence-electron chi connectivity index (χ2n) is 17.1. The molecule has 8 nitrogen and oxygen atoms in total. The number of nitrogens with zero attached hydrogens (tertiary/aromatic N) is 8. The van der Waals surface area contributed by atoms with Crippen molar-refractivity contribution in [2.75, 3.05) is 0 Å². The summed E-state index contributed by atoms with van der Waals surface area (Å²) in [5.74, 6) is 3.73. The van der Waals surface area contributed by atoms with Gasteiger partial charge in [-0.1, -0.05) is 158 Å². The van der Waals surface area contributed by atoms with E-state index in [1.807, 2.05) is 78.9 Å². The largest absolute Gasteiger partial charge is 0.309 e. The Balaban J connectivity index is 0.926. The maximum Gasteiger partial charge on any atom is 0.166 e. The minimum Gasteiger partial charge on any atom is -0.309 e. The summed E-state index contributed by atoms with van der Waals surface area (Å²) in [5.41, 5.74) is 12.2. The van der Waals surface area contributed by atoms with E-state index in [-0.39, 0.29) is 0 Å². The molecule has 5 heterocycles. The fourth-order valence-corrected chi connectivity index (χ4v) is 10.1. The van der Waals surface area contributed by atoms with Gasteiger partial charge in [-0.05, 0) is 60.7 Å². The van der Waals surface area contributed by atoms with E-state index < -0.39 is 0 Å². The van der Waals surface area contributed by atoms with Crippen LogP contribution in [-0.4, -0.2) is 38.9 Å². The van der Waals surface area contributed by atoms with Crippen molar-refractivity contribution >= 4 is 59.9 Å². The molecule has 5 aromatic heterocycles. The van der Waals surface area contributed by atoms with E-state index in [1.165, 1.54) is 16.3 Å². The van der Waals surface area contributed by atoms with Gasteiger partial charge in [0.1, 0.15) is 0 Å². The summed E-state index contributed by atoms with van der Waals surface area (Å²) in [5, 5.41) is 6.97. The smallest absolute Gasteiger partial charge is 0.166 e. The fourth-order valence-electron chi connectivity index (χ4n) is 10.1.